The lowest BCUT2D eigenvalue weighted by Crippen LogP contribution is -2.36. The minimum Gasteiger partial charge on any atom is -0.443 e. The number of alkyl halides is 7. The van der Waals surface area contributed by atoms with E-state index in [1.165, 1.54) is 6.07 Å². The van der Waals surface area contributed by atoms with Gasteiger partial charge in [0, 0.05) is 36.1 Å². The lowest BCUT2D eigenvalue weighted by Gasteiger charge is -2.18. The first-order valence-electron chi connectivity index (χ1n) is 11.3. The zero-order valence-corrected chi connectivity index (χ0v) is 19.8. The van der Waals surface area contributed by atoms with Crippen LogP contribution in [0.3, 0.4) is 0 Å². The Labute approximate surface area is 209 Å². The smallest absolute Gasteiger partial charge is 0.443 e. The van der Waals surface area contributed by atoms with Crippen molar-refractivity contribution >= 4 is 23.5 Å². The Morgan fingerprint density at radius 1 is 1.24 bits per heavy atom. The van der Waals surface area contributed by atoms with Crippen molar-refractivity contribution in [3.63, 3.8) is 0 Å². The minimum atomic E-state index is -5.01. The monoisotopic (exact) mass is 553 g/mol. The summed E-state index contributed by atoms with van der Waals surface area (Å²) >= 11 is 0. The van der Waals surface area contributed by atoms with E-state index in [9.17, 15) is 35.5 Å². The third kappa shape index (κ3) is 6.25. The molecule has 3 heterocycles. The predicted molar refractivity (Wildman–Crippen MR) is 116 cm³/mol. The lowest BCUT2D eigenvalue weighted by molar-refractivity contribution is -0.330. The molecule has 10 nitrogen and oxygen atoms in total. The molecule has 0 aromatic carbocycles. The second-order valence-electron chi connectivity index (χ2n) is 8.86. The van der Waals surface area contributed by atoms with E-state index < -0.39 is 60.3 Å². The highest BCUT2D eigenvalue weighted by Crippen LogP contribution is 2.39. The number of carbonyl (C=O) groups excluding carboxylic acids is 1. The summed E-state index contributed by atoms with van der Waals surface area (Å²) in [5.41, 5.74) is -2.07. The van der Waals surface area contributed by atoms with Gasteiger partial charge < -0.3 is 15.4 Å². The van der Waals surface area contributed by atoms with Gasteiger partial charge in [0.15, 0.2) is 11.5 Å². The molecule has 17 heteroatoms. The maximum absolute atomic E-state index is 15.0. The highest BCUT2D eigenvalue weighted by molar-refractivity contribution is 5.67. The van der Waals surface area contributed by atoms with Crippen LogP contribution in [-0.2, 0) is 22.3 Å². The summed E-state index contributed by atoms with van der Waals surface area (Å²) in [6, 6.07) is 1.22. The third-order valence-electron chi connectivity index (χ3n) is 5.63. The highest BCUT2D eigenvalue weighted by Gasteiger charge is 2.41. The Kier molecular flexibility index (Phi) is 7.40. The molecular weight excluding hydrogens is 531 g/mol. The molecule has 0 radical (unpaired) electrons. The van der Waals surface area contributed by atoms with Crippen LogP contribution in [0.25, 0.3) is 5.65 Å². The number of imidazole rings is 1. The molecule has 1 aliphatic carbocycles. The summed E-state index contributed by atoms with van der Waals surface area (Å²) in [6.45, 7) is 2.34. The van der Waals surface area contributed by atoms with Crippen molar-refractivity contribution in [2.75, 3.05) is 5.32 Å². The van der Waals surface area contributed by atoms with Gasteiger partial charge in [-0.2, -0.15) is 18.3 Å². The number of carbonyl (C=O) groups is 1. The zero-order valence-electron chi connectivity index (χ0n) is 19.8. The molecule has 0 bridgehead atoms. The molecule has 0 aliphatic heterocycles. The molecule has 3 aromatic heterocycles. The summed E-state index contributed by atoms with van der Waals surface area (Å²) in [5.74, 6) is -0.897. The van der Waals surface area contributed by atoms with Crippen molar-refractivity contribution in [3.8, 4) is 0 Å². The Morgan fingerprint density at radius 2 is 1.97 bits per heavy atom. The van der Waals surface area contributed by atoms with Crippen molar-refractivity contribution in [1.29, 1.82) is 0 Å². The van der Waals surface area contributed by atoms with E-state index >= 15 is 0 Å². The highest BCUT2D eigenvalue weighted by atomic mass is 19.4. The normalized spacial score (nSPS) is 20.3. The number of hydrogen-bond acceptors (Lipinski definition) is 7. The van der Waals surface area contributed by atoms with Crippen LogP contribution in [0.5, 0.6) is 0 Å². The Morgan fingerprint density at radius 3 is 2.63 bits per heavy atom. The first kappa shape index (κ1) is 27.4. The number of aromatic nitrogens is 5. The number of amides is 1. The number of alkyl carbamates (subject to hydrolysis) is 1. The number of ether oxygens (including phenoxy) is 2. The van der Waals surface area contributed by atoms with E-state index in [1.807, 2.05) is 0 Å². The topological polar surface area (TPSA) is 118 Å². The van der Waals surface area contributed by atoms with Crippen LogP contribution in [0, 0.1) is 0 Å². The minimum absolute atomic E-state index is 0.0458. The van der Waals surface area contributed by atoms with E-state index in [0.29, 0.717) is 18.3 Å². The number of rotatable bonds is 7. The van der Waals surface area contributed by atoms with Gasteiger partial charge in [0.25, 0.3) is 0 Å². The largest absolute Gasteiger partial charge is 0.522 e. The molecule has 1 saturated carbocycles. The Hall–Kier alpha value is -3.63. The summed E-state index contributed by atoms with van der Waals surface area (Å²) in [4.78, 5) is 19.2. The molecule has 208 valence electrons. The molecule has 1 aliphatic rings. The number of hydrogen-bond donors (Lipinski definition) is 3. The average Bonchev–Trinajstić information content (AvgIpc) is 3.50. The maximum Gasteiger partial charge on any atom is 0.522 e. The second kappa shape index (κ2) is 10.3. The fraction of sp³-hybridized carbons (Fsp3) is 0.524. The van der Waals surface area contributed by atoms with Gasteiger partial charge in [-0.1, -0.05) is 0 Å². The van der Waals surface area contributed by atoms with Gasteiger partial charge in [-0.05, 0) is 26.7 Å². The van der Waals surface area contributed by atoms with Crippen molar-refractivity contribution in [2.45, 2.75) is 70.1 Å². The zero-order chi connectivity index (χ0) is 27.8. The standard InChI is InChI=1S/C21H22F7N7O3/c1-9(2)30-19(36)38-14-4-3-11(16(14)22)13-5-15(34-33-13)32-18-29-6-12(20(23,24)25)17-31-10(7-35(17)18)8-37-21(26,27)28/h5-7,9,11,14,16H,3-4,8H2,1-2H3,(H,30,36)(H2,29,32,33,34)/t11-,14-,16+/m0/s1. The van der Waals surface area contributed by atoms with Crippen LogP contribution in [0.4, 0.5) is 47.3 Å². The number of anilines is 2. The number of nitrogens with zero attached hydrogens (tertiary/aromatic N) is 4. The van der Waals surface area contributed by atoms with Crippen molar-refractivity contribution in [1.82, 2.24) is 29.9 Å². The average molecular weight is 553 g/mol. The van der Waals surface area contributed by atoms with Gasteiger partial charge in [-0.25, -0.2) is 19.2 Å². The van der Waals surface area contributed by atoms with Crippen molar-refractivity contribution in [2.24, 2.45) is 0 Å². The van der Waals surface area contributed by atoms with Gasteiger partial charge in [-0.15, -0.1) is 13.2 Å². The Bertz CT molecular complexity index is 1290. The molecule has 3 aromatic rings. The van der Waals surface area contributed by atoms with Gasteiger partial charge >= 0.3 is 18.6 Å². The Balaban J connectivity index is 1.53. The molecule has 4 rings (SSSR count). The quantitative estimate of drug-likeness (QED) is 0.354. The predicted octanol–water partition coefficient (Wildman–Crippen LogP) is 4.97. The second-order valence-corrected chi connectivity index (χ2v) is 8.86. The fourth-order valence-electron chi connectivity index (χ4n) is 4.03. The first-order chi connectivity index (χ1) is 17.7. The summed E-state index contributed by atoms with van der Waals surface area (Å²) in [6.07, 6.45) is -11.2. The van der Waals surface area contributed by atoms with E-state index in [1.54, 1.807) is 13.8 Å². The van der Waals surface area contributed by atoms with Gasteiger partial charge in [0.2, 0.25) is 5.95 Å². The van der Waals surface area contributed by atoms with Gasteiger partial charge in [-0.3, -0.25) is 14.2 Å². The third-order valence-corrected chi connectivity index (χ3v) is 5.63. The van der Waals surface area contributed by atoms with Crippen LogP contribution in [0.1, 0.15) is 49.6 Å². The SMILES string of the molecule is CC(C)NC(=O)O[C@H]1CC[C@@H](c2cc(Nc3ncc(C(F)(F)F)c4nc(COC(F)(F)F)cn34)n[nH]2)[C@H]1F. The van der Waals surface area contributed by atoms with Crippen LogP contribution in [0.15, 0.2) is 18.5 Å². The number of halogens is 7. The lowest BCUT2D eigenvalue weighted by atomic mass is 10.0. The van der Waals surface area contributed by atoms with Crippen LogP contribution in [0.2, 0.25) is 0 Å². The summed E-state index contributed by atoms with van der Waals surface area (Å²) < 4.78 is 102. The van der Waals surface area contributed by atoms with E-state index in [0.717, 1.165) is 10.6 Å². The van der Waals surface area contributed by atoms with Crippen molar-refractivity contribution < 1.29 is 45.0 Å². The fourth-order valence-corrected chi connectivity index (χ4v) is 4.03. The number of aromatic amines is 1. The summed E-state index contributed by atoms with van der Waals surface area (Å²) in [7, 11) is 0. The molecule has 0 unspecified atom stereocenters. The molecular formula is C21H22F7N7O3. The summed E-state index contributed by atoms with van der Waals surface area (Å²) in [5, 5.41) is 11.8. The van der Waals surface area contributed by atoms with Crippen LogP contribution < -0.4 is 10.6 Å². The molecule has 0 spiro atoms. The van der Waals surface area contributed by atoms with E-state index in [4.69, 9.17) is 4.74 Å². The van der Waals surface area contributed by atoms with Crippen molar-refractivity contribution in [3.05, 3.63) is 35.4 Å². The number of nitrogens with one attached hydrogen (secondary N) is 3. The molecule has 38 heavy (non-hydrogen) atoms. The van der Waals surface area contributed by atoms with Gasteiger partial charge in [0.1, 0.15) is 17.8 Å². The van der Waals surface area contributed by atoms with Crippen LogP contribution >= 0.6 is 0 Å². The van der Waals surface area contributed by atoms with Gasteiger partial charge in [0.05, 0.1) is 12.3 Å². The molecule has 3 atom stereocenters. The first-order valence-corrected chi connectivity index (χ1v) is 11.3. The maximum atomic E-state index is 15.0. The molecule has 1 fully saturated rings. The molecule has 3 N–H and O–H groups in total. The number of H-pyrrole nitrogens is 1. The van der Waals surface area contributed by atoms with E-state index in [2.05, 4.69) is 35.5 Å². The molecule has 1 amide bonds. The van der Waals surface area contributed by atoms with Crippen LogP contribution in [-0.4, -0.2) is 55.3 Å². The molecule has 0 saturated heterocycles. The van der Waals surface area contributed by atoms with E-state index in [-0.39, 0.29) is 24.2 Å². The number of fused-ring (bicyclic) bond motifs is 1.